The number of rotatable bonds is 2. The van der Waals surface area contributed by atoms with Gasteiger partial charge in [0.1, 0.15) is 11.5 Å². The Morgan fingerprint density at radius 2 is 1.07 bits per heavy atom. The Bertz CT molecular complexity index is 990. The first-order valence-corrected chi connectivity index (χ1v) is 7.88. The molecule has 0 saturated carbocycles. The van der Waals surface area contributed by atoms with Crippen LogP contribution in [0.3, 0.4) is 0 Å². The molecule has 0 spiro atoms. The van der Waals surface area contributed by atoms with Gasteiger partial charge in [-0.3, -0.25) is 0 Å². The van der Waals surface area contributed by atoms with Crippen molar-refractivity contribution in [3.05, 3.63) is 71.8 Å². The number of aromatic hydroxyl groups is 2. The van der Waals surface area contributed by atoms with Crippen molar-refractivity contribution in [1.82, 2.24) is 0 Å². The van der Waals surface area contributed by atoms with Gasteiger partial charge in [-0.2, -0.15) is 26.3 Å². The van der Waals surface area contributed by atoms with Crippen molar-refractivity contribution in [3.63, 3.8) is 0 Å². The predicted molar refractivity (Wildman–Crippen MR) is 90.6 cm³/mol. The van der Waals surface area contributed by atoms with E-state index in [0.717, 1.165) is 6.07 Å². The fraction of sp³-hybridized carbons (Fsp3) is 0.100. The average Bonchev–Trinajstić information content (AvgIpc) is 2.60. The highest BCUT2D eigenvalue weighted by Gasteiger charge is 2.37. The van der Waals surface area contributed by atoms with Crippen LogP contribution in [0.25, 0.3) is 22.3 Å². The van der Waals surface area contributed by atoms with Crippen molar-refractivity contribution in [3.8, 4) is 33.8 Å². The molecule has 0 amide bonds. The molecule has 3 rings (SSSR count). The normalized spacial score (nSPS) is 12.2. The maximum absolute atomic E-state index is 13.0. The molecule has 146 valence electrons. The summed E-state index contributed by atoms with van der Waals surface area (Å²) in [6.45, 7) is 0. The van der Waals surface area contributed by atoms with Crippen molar-refractivity contribution in [1.29, 1.82) is 0 Å². The van der Waals surface area contributed by atoms with E-state index >= 15 is 0 Å². The van der Waals surface area contributed by atoms with Crippen LogP contribution >= 0.6 is 0 Å². The number of alkyl halides is 6. The van der Waals surface area contributed by atoms with E-state index in [2.05, 4.69) is 0 Å². The minimum absolute atomic E-state index is 0.0340. The molecule has 0 atom stereocenters. The SMILES string of the molecule is Oc1ccccc1-c1ccc(-c2cc(C(F)(F)F)cc(C(F)(F)F)c2)cc1O. The molecule has 8 heteroatoms. The lowest BCUT2D eigenvalue weighted by molar-refractivity contribution is -0.143. The summed E-state index contributed by atoms with van der Waals surface area (Å²) in [6.07, 6.45) is -9.93. The molecule has 0 aliphatic carbocycles. The Hall–Kier alpha value is -3.16. The van der Waals surface area contributed by atoms with Crippen molar-refractivity contribution in [2.24, 2.45) is 0 Å². The second-order valence-corrected chi connectivity index (χ2v) is 6.04. The summed E-state index contributed by atoms with van der Waals surface area (Å²) < 4.78 is 78.1. The lowest BCUT2D eigenvalue weighted by atomic mass is 9.96. The van der Waals surface area contributed by atoms with E-state index in [-0.39, 0.29) is 34.1 Å². The van der Waals surface area contributed by atoms with E-state index in [1.54, 1.807) is 12.1 Å². The quantitative estimate of drug-likeness (QED) is 0.486. The standard InChI is InChI=1S/C20H12F6O2/c21-19(22,23)13-7-12(8-14(10-13)20(24,25)26)11-5-6-16(18(28)9-11)15-3-1-2-4-17(15)27/h1-10,27-28H. The molecule has 0 radical (unpaired) electrons. The Labute approximate surface area is 155 Å². The summed E-state index contributed by atoms with van der Waals surface area (Å²) in [5.41, 5.74) is -2.81. The molecule has 0 aliphatic rings. The van der Waals surface area contributed by atoms with Crippen LogP contribution in [0.4, 0.5) is 26.3 Å². The lowest BCUT2D eigenvalue weighted by Gasteiger charge is -2.15. The Morgan fingerprint density at radius 1 is 0.536 bits per heavy atom. The minimum Gasteiger partial charge on any atom is -0.507 e. The van der Waals surface area contributed by atoms with Crippen LogP contribution in [0.2, 0.25) is 0 Å². The van der Waals surface area contributed by atoms with Gasteiger partial charge >= 0.3 is 12.4 Å². The molecule has 0 heterocycles. The summed E-state index contributed by atoms with van der Waals surface area (Å²) in [7, 11) is 0. The number of benzene rings is 3. The number of halogens is 6. The molecule has 0 aliphatic heterocycles. The molecule has 0 unspecified atom stereocenters. The van der Waals surface area contributed by atoms with Gasteiger partial charge in [0.25, 0.3) is 0 Å². The van der Waals surface area contributed by atoms with Gasteiger partial charge in [0.05, 0.1) is 11.1 Å². The van der Waals surface area contributed by atoms with Gasteiger partial charge in [-0.1, -0.05) is 24.3 Å². The molecule has 2 N–H and O–H groups in total. The summed E-state index contributed by atoms with van der Waals surface area (Å²) in [4.78, 5) is 0. The van der Waals surface area contributed by atoms with E-state index in [9.17, 15) is 36.6 Å². The topological polar surface area (TPSA) is 40.5 Å². The van der Waals surface area contributed by atoms with Crippen LogP contribution in [-0.2, 0) is 12.4 Å². The second-order valence-electron chi connectivity index (χ2n) is 6.04. The highest BCUT2D eigenvalue weighted by Crippen LogP contribution is 2.41. The molecule has 0 bridgehead atoms. The average molecular weight is 398 g/mol. The van der Waals surface area contributed by atoms with Gasteiger partial charge in [-0.05, 0) is 47.5 Å². The minimum atomic E-state index is -4.96. The predicted octanol–water partition coefficient (Wildman–Crippen LogP) is 6.47. The van der Waals surface area contributed by atoms with E-state index in [1.807, 2.05) is 0 Å². The molecule has 0 aromatic heterocycles. The van der Waals surface area contributed by atoms with Crippen LogP contribution in [-0.4, -0.2) is 10.2 Å². The largest absolute Gasteiger partial charge is 0.507 e. The first-order valence-electron chi connectivity index (χ1n) is 7.88. The van der Waals surface area contributed by atoms with Gasteiger partial charge in [0.15, 0.2) is 0 Å². The van der Waals surface area contributed by atoms with Gasteiger partial charge in [-0.15, -0.1) is 0 Å². The van der Waals surface area contributed by atoms with Crippen LogP contribution < -0.4 is 0 Å². The van der Waals surface area contributed by atoms with E-state index < -0.39 is 29.2 Å². The molecule has 0 saturated heterocycles. The number of phenolic OH excluding ortho intramolecular Hbond substituents is 2. The highest BCUT2D eigenvalue weighted by molar-refractivity contribution is 5.79. The molecule has 28 heavy (non-hydrogen) atoms. The van der Waals surface area contributed by atoms with Crippen LogP contribution in [0.5, 0.6) is 11.5 Å². The summed E-state index contributed by atoms with van der Waals surface area (Å²) in [6, 6.07) is 10.9. The second kappa shape index (κ2) is 6.78. The Kier molecular flexibility index (Phi) is 4.74. The zero-order valence-electron chi connectivity index (χ0n) is 13.9. The maximum atomic E-state index is 13.0. The van der Waals surface area contributed by atoms with Crippen molar-refractivity contribution in [2.45, 2.75) is 12.4 Å². The smallest absolute Gasteiger partial charge is 0.416 e. The van der Waals surface area contributed by atoms with Gasteiger partial charge in [-0.25, -0.2) is 0 Å². The molecule has 2 nitrogen and oxygen atoms in total. The van der Waals surface area contributed by atoms with Crippen molar-refractivity contribution >= 4 is 0 Å². The zero-order valence-corrected chi connectivity index (χ0v) is 13.9. The summed E-state index contributed by atoms with van der Waals surface area (Å²) >= 11 is 0. The monoisotopic (exact) mass is 398 g/mol. The van der Waals surface area contributed by atoms with Gasteiger partial charge in [0.2, 0.25) is 0 Å². The van der Waals surface area contributed by atoms with Crippen molar-refractivity contribution < 1.29 is 36.6 Å². The van der Waals surface area contributed by atoms with Crippen LogP contribution in [0.1, 0.15) is 11.1 Å². The number of hydrogen-bond donors (Lipinski definition) is 2. The summed E-state index contributed by atoms with van der Waals surface area (Å²) in [5.74, 6) is -0.533. The molecule has 3 aromatic carbocycles. The third kappa shape index (κ3) is 3.90. The third-order valence-electron chi connectivity index (χ3n) is 4.11. The molecule has 3 aromatic rings. The lowest BCUT2D eigenvalue weighted by Crippen LogP contribution is -2.11. The van der Waals surface area contributed by atoms with Crippen LogP contribution in [0.15, 0.2) is 60.7 Å². The molecular formula is C20H12F6O2. The van der Waals surface area contributed by atoms with E-state index in [1.165, 1.54) is 24.3 Å². The van der Waals surface area contributed by atoms with E-state index in [4.69, 9.17) is 0 Å². The summed E-state index contributed by atoms with van der Waals surface area (Å²) in [5, 5.41) is 20.1. The number of hydrogen-bond acceptors (Lipinski definition) is 2. The fourth-order valence-corrected chi connectivity index (χ4v) is 2.76. The Balaban J connectivity index is 2.14. The fourth-order valence-electron chi connectivity index (χ4n) is 2.76. The first-order chi connectivity index (χ1) is 13.0. The van der Waals surface area contributed by atoms with Gasteiger partial charge in [0, 0.05) is 11.1 Å². The third-order valence-corrected chi connectivity index (χ3v) is 4.11. The first kappa shape index (κ1) is 19.6. The van der Waals surface area contributed by atoms with Crippen LogP contribution in [0, 0.1) is 0 Å². The molecule has 0 fully saturated rings. The number of phenols is 2. The molecular weight excluding hydrogens is 386 g/mol. The van der Waals surface area contributed by atoms with E-state index in [0.29, 0.717) is 12.1 Å². The Morgan fingerprint density at radius 3 is 1.57 bits per heavy atom. The number of para-hydroxylation sites is 1. The van der Waals surface area contributed by atoms with Gasteiger partial charge < -0.3 is 10.2 Å². The van der Waals surface area contributed by atoms with Crippen molar-refractivity contribution in [2.75, 3.05) is 0 Å². The zero-order chi connectivity index (χ0) is 20.7. The highest BCUT2D eigenvalue weighted by atomic mass is 19.4. The maximum Gasteiger partial charge on any atom is 0.416 e.